The number of nitrogens with one attached hydrogen (secondary N) is 2. The van der Waals surface area contributed by atoms with Crippen LogP contribution in [0.3, 0.4) is 0 Å². The lowest BCUT2D eigenvalue weighted by Gasteiger charge is -2.25. The number of nitrogens with zero attached hydrogens (tertiary/aromatic N) is 1. The second-order valence-corrected chi connectivity index (χ2v) is 7.13. The van der Waals surface area contributed by atoms with Crippen LogP contribution in [0.15, 0.2) is 24.3 Å². The Kier molecular flexibility index (Phi) is 9.97. The molecule has 0 radical (unpaired) electrons. The third-order valence-corrected chi connectivity index (χ3v) is 4.46. The van der Waals surface area contributed by atoms with Crippen molar-refractivity contribution >= 4 is 17.4 Å². The van der Waals surface area contributed by atoms with E-state index in [0.717, 1.165) is 0 Å². The topological polar surface area (TPSA) is 112 Å². The van der Waals surface area contributed by atoms with Crippen LogP contribution in [-0.4, -0.2) is 42.8 Å². The molecule has 0 fully saturated rings. The fourth-order valence-corrected chi connectivity index (χ4v) is 2.39. The van der Waals surface area contributed by atoms with Crippen molar-refractivity contribution in [3.8, 4) is 11.8 Å². The van der Waals surface area contributed by atoms with Crippen molar-refractivity contribution in [1.82, 2.24) is 5.32 Å². The van der Waals surface area contributed by atoms with Crippen LogP contribution in [0.2, 0.25) is 0 Å². The van der Waals surface area contributed by atoms with E-state index < -0.39 is 23.4 Å². The average Bonchev–Trinajstić information content (AvgIpc) is 2.69. The summed E-state index contributed by atoms with van der Waals surface area (Å²) in [6.45, 7) is 2.93. The van der Waals surface area contributed by atoms with E-state index in [1.54, 1.807) is 13.8 Å². The van der Waals surface area contributed by atoms with E-state index >= 15 is 0 Å². The first-order valence-corrected chi connectivity index (χ1v) is 9.40. The van der Waals surface area contributed by atoms with Crippen LogP contribution in [0.1, 0.15) is 46.0 Å². The van der Waals surface area contributed by atoms with E-state index in [-0.39, 0.29) is 18.8 Å². The SMILES string of the molecule is COC(C)(C)C(=O)N[C@@H](CCCCC(=N)CC#N)C(=O)COc1ccc(F)cc1. The van der Waals surface area contributed by atoms with Gasteiger partial charge in [-0.3, -0.25) is 9.59 Å². The van der Waals surface area contributed by atoms with Crippen molar-refractivity contribution in [2.45, 2.75) is 57.6 Å². The fourth-order valence-electron chi connectivity index (χ4n) is 2.39. The Morgan fingerprint density at radius 3 is 2.52 bits per heavy atom. The highest BCUT2D eigenvalue weighted by molar-refractivity contribution is 5.92. The predicted molar refractivity (Wildman–Crippen MR) is 106 cm³/mol. The van der Waals surface area contributed by atoms with Gasteiger partial charge >= 0.3 is 0 Å². The number of amides is 1. The number of hydrogen-bond donors (Lipinski definition) is 2. The molecule has 1 aromatic rings. The summed E-state index contributed by atoms with van der Waals surface area (Å²) in [7, 11) is 1.41. The number of rotatable bonds is 13. The van der Waals surface area contributed by atoms with Crippen molar-refractivity contribution < 1.29 is 23.5 Å². The summed E-state index contributed by atoms with van der Waals surface area (Å²) in [6, 6.07) is 6.46. The second-order valence-electron chi connectivity index (χ2n) is 7.13. The summed E-state index contributed by atoms with van der Waals surface area (Å²) in [5.41, 5.74) is -0.745. The monoisotopic (exact) mass is 405 g/mol. The molecule has 7 nitrogen and oxygen atoms in total. The highest BCUT2D eigenvalue weighted by Gasteiger charge is 2.31. The molecule has 0 aromatic heterocycles. The maximum Gasteiger partial charge on any atom is 0.252 e. The molecule has 158 valence electrons. The summed E-state index contributed by atoms with van der Waals surface area (Å²) < 4.78 is 23.5. The molecule has 0 spiro atoms. The average molecular weight is 405 g/mol. The van der Waals surface area contributed by atoms with Crippen molar-refractivity contribution in [2.24, 2.45) is 0 Å². The maximum absolute atomic E-state index is 13.0. The number of benzene rings is 1. The molecule has 1 amide bonds. The standard InChI is InChI=1S/C21H28FN3O4/c1-21(2,28-3)20(27)25-18(7-5-4-6-16(24)12-13-23)19(26)14-29-17-10-8-15(22)9-11-17/h8-11,18,24H,4-7,12,14H2,1-3H3,(H,25,27)/t18-/m0/s1. The van der Waals surface area contributed by atoms with Gasteiger partial charge in [-0.2, -0.15) is 5.26 Å². The number of ether oxygens (including phenoxy) is 2. The first-order chi connectivity index (χ1) is 13.7. The highest BCUT2D eigenvalue weighted by Crippen LogP contribution is 2.14. The van der Waals surface area contributed by atoms with E-state index in [4.69, 9.17) is 20.1 Å². The largest absolute Gasteiger partial charge is 0.486 e. The molecule has 0 saturated heterocycles. The molecule has 1 atom stereocenters. The molecule has 2 N–H and O–H groups in total. The molecule has 1 aromatic carbocycles. The number of Topliss-reactive ketones (excluding diaryl/α,β-unsaturated/α-hetero) is 1. The number of ketones is 1. The summed E-state index contributed by atoms with van der Waals surface area (Å²) in [4.78, 5) is 25.0. The molecule has 0 aliphatic heterocycles. The Balaban J connectivity index is 2.68. The zero-order valence-electron chi connectivity index (χ0n) is 17.1. The first-order valence-electron chi connectivity index (χ1n) is 9.40. The summed E-state index contributed by atoms with van der Waals surface area (Å²) in [5.74, 6) is -0.788. The van der Waals surface area contributed by atoms with Gasteiger partial charge in [-0.1, -0.05) is 6.42 Å². The lowest BCUT2D eigenvalue weighted by Crippen LogP contribution is -2.51. The van der Waals surface area contributed by atoms with Gasteiger partial charge in [0.15, 0.2) is 5.78 Å². The number of carbonyl (C=O) groups is 2. The number of hydrogen-bond acceptors (Lipinski definition) is 6. The summed E-state index contributed by atoms with van der Waals surface area (Å²) in [5, 5.41) is 18.9. The number of unbranched alkanes of at least 4 members (excludes halogenated alkanes) is 1. The van der Waals surface area contributed by atoms with Gasteiger partial charge in [-0.05, 0) is 57.4 Å². The molecule has 29 heavy (non-hydrogen) atoms. The van der Waals surface area contributed by atoms with Crippen LogP contribution < -0.4 is 10.1 Å². The van der Waals surface area contributed by atoms with Gasteiger partial charge in [-0.25, -0.2) is 4.39 Å². The van der Waals surface area contributed by atoms with Crippen molar-refractivity contribution in [1.29, 1.82) is 10.7 Å². The molecule has 0 heterocycles. The van der Waals surface area contributed by atoms with E-state index in [1.165, 1.54) is 31.4 Å². The van der Waals surface area contributed by atoms with Crippen LogP contribution in [0.4, 0.5) is 4.39 Å². The van der Waals surface area contributed by atoms with E-state index in [9.17, 15) is 14.0 Å². The van der Waals surface area contributed by atoms with Gasteiger partial charge in [0.2, 0.25) is 0 Å². The molecular weight excluding hydrogens is 377 g/mol. The van der Waals surface area contributed by atoms with Crippen LogP contribution in [0.25, 0.3) is 0 Å². The Hall–Kier alpha value is -2.79. The molecule has 0 aliphatic carbocycles. The van der Waals surface area contributed by atoms with Crippen molar-refractivity contribution in [2.75, 3.05) is 13.7 Å². The lowest BCUT2D eigenvalue weighted by atomic mass is 10.0. The third-order valence-electron chi connectivity index (χ3n) is 4.46. The minimum atomic E-state index is -1.09. The molecule has 0 unspecified atom stereocenters. The Labute approximate surface area is 170 Å². The minimum Gasteiger partial charge on any atom is -0.486 e. The van der Waals surface area contributed by atoms with Gasteiger partial charge in [0.05, 0.1) is 18.5 Å². The minimum absolute atomic E-state index is 0.0899. The normalized spacial score (nSPS) is 12.0. The lowest BCUT2D eigenvalue weighted by molar-refractivity contribution is -0.142. The van der Waals surface area contributed by atoms with Gasteiger partial charge in [0.25, 0.3) is 5.91 Å². The Morgan fingerprint density at radius 2 is 1.93 bits per heavy atom. The van der Waals surface area contributed by atoms with Crippen molar-refractivity contribution in [3.05, 3.63) is 30.1 Å². The van der Waals surface area contributed by atoms with E-state index in [0.29, 0.717) is 37.1 Å². The number of carbonyl (C=O) groups excluding carboxylic acids is 2. The third kappa shape index (κ3) is 8.83. The quantitative estimate of drug-likeness (QED) is 0.387. The number of halogens is 1. The molecule has 0 saturated carbocycles. The van der Waals surface area contributed by atoms with Crippen LogP contribution >= 0.6 is 0 Å². The van der Waals surface area contributed by atoms with Gasteiger partial charge in [0, 0.05) is 12.8 Å². The van der Waals surface area contributed by atoms with E-state index in [2.05, 4.69) is 5.32 Å². The Bertz CT molecular complexity index is 741. The molecule has 1 rings (SSSR count). The Morgan fingerprint density at radius 1 is 1.28 bits per heavy atom. The summed E-state index contributed by atoms with van der Waals surface area (Å²) >= 11 is 0. The fraction of sp³-hybridized carbons (Fsp3) is 0.524. The van der Waals surface area contributed by atoms with Gasteiger partial charge in [-0.15, -0.1) is 0 Å². The zero-order valence-corrected chi connectivity index (χ0v) is 17.1. The highest BCUT2D eigenvalue weighted by atomic mass is 19.1. The van der Waals surface area contributed by atoms with Gasteiger partial charge in [0.1, 0.15) is 23.8 Å². The van der Waals surface area contributed by atoms with Crippen LogP contribution in [0.5, 0.6) is 5.75 Å². The van der Waals surface area contributed by atoms with Crippen molar-refractivity contribution in [3.63, 3.8) is 0 Å². The predicted octanol–water partition coefficient (Wildman–Crippen LogP) is 3.18. The van der Waals surface area contributed by atoms with E-state index in [1.807, 2.05) is 6.07 Å². The molecule has 0 aliphatic rings. The molecule has 8 heteroatoms. The summed E-state index contributed by atoms with van der Waals surface area (Å²) in [6.07, 6.45) is 2.16. The zero-order chi connectivity index (χ0) is 21.9. The van der Waals surface area contributed by atoms with Crippen LogP contribution in [-0.2, 0) is 14.3 Å². The smallest absolute Gasteiger partial charge is 0.252 e. The molecular formula is C21H28FN3O4. The second kappa shape index (κ2) is 11.9. The maximum atomic E-state index is 13.0. The van der Waals surface area contributed by atoms with Gasteiger partial charge < -0.3 is 20.2 Å². The number of methoxy groups -OCH3 is 1. The molecule has 0 bridgehead atoms. The first kappa shape index (κ1) is 24.2. The number of nitriles is 1. The van der Waals surface area contributed by atoms with Crippen LogP contribution in [0, 0.1) is 22.6 Å².